The number of carbonyl (C=O) groups excluding carboxylic acids is 1. The lowest BCUT2D eigenvalue weighted by molar-refractivity contribution is -0.156. The first-order chi connectivity index (χ1) is 9.84. The van der Waals surface area contributed by atoms with Gasteiger partial charge in [0.25, 0.3) is 0 Å². The summed E-state index contributed by atoms with van der Waals surface area (Å²) in [5, 5.41) is 0. The molecule has 0 saturated heterocycles. The number of benzene rings is 1. The van der Waals surface area contributed by atoms with Crippen LogP contribution in [0.3, 0.4) is 0 Å². The van der Waals surface area contributed by atoms with Crippen LogP contribution in [0, 0.1) is 23.1 Å². The summed E-state index contributed by atoms with van der Waals surface area (Å²) in [5.74, 6) is 5.25. The minimum Gasteiger partial charge on any atom is -0.444 e. The zero-order valence-corrected chi connectivity index (χ0v) is 13.2. The lowest BCUT2D eigenvalue weighted by Gasteiger charge is -2.20. The Morgan fingerprint density at radius 2 is 2.10 bits per heavy atom. The second kappa shape index (κ2) is 7.83. The van der Waals surface area contributed by atoms with E-state index in [2.05, 4.69) is 18.8 Å². The molecule has 1 aromatic carbocycles. The van der Waals surface area contributed by atoms with Crippen LogP contribution >= 0.6 is 0 Å². The quantitative estimate of drug-likeness (QED) is 0.458. The molecular weight excluding hydrogens is 267 g/mol. The van der Waals surface area contributed by atoms with Gasteiger partial charge in [0.15, 0.2) is 6.10 Å². The highest BCUT2D eigenvalue weighted by molar-refractivity contribution is 5.75. The van der Waals surface area contributed by atoms with E-state index in [-0.39, 0.29) is 11.8 Å². The molecule has 0 heterocycles. The monoisotopic (exact) mass is 290 g/mol. The Labute approximate surface area is 126 Å². The van der Waals surface area contributed by atoms with Crippen LogP contribution in [-0.2, 0) is 9.53 Å². The summed E-state index contributed by atoms with van der Waals surface area (Å²) in [7, 11) is 0. The summed E-state index contributed by atoms with van der Waals surface area (Å²) in [5.41, 5.74) is -0.0481. The molecule has 1 rings (SSSR count). The van der Waals surface area contributed by atoms with Gasteiger partial charge < -0.3 is 4.74 Å². The van der Waals surface area contributed by atoms with Gasteiger partial charge in [0.05, 0.1) is 5.41 Å². The summed E-state index contributed by atoms with van der Waals surface area (Å²) in [6, 6.07) is 6.03. The SMILES string of the molecule is CCCCC#CC(OC(=O)C(C)(C)C)c1cccc(F)c1. The van der Waals surface area contributed by atoms with Gasteiger partial charge in [-0.25, -0.2) is 4.39 Å². The number of halogens is 1. The number of hydrogen-bond acceptors (Lipinski definition) is 2. The summed E-state index contributed by atoms with van der Waals surface area (Å²) in [4.78, 5) is 12.0. The van der Waals surface area contributed by atoms with E-state index in [0.29, 0.717) is 5.56 Å². The number of ether oxygens (including phenoxy) is 1. The van der Waals surface area contributed by atoms with Crippen LogP contribution in [0.5, 0.6) is 0 Å². The van der Waals surface area contributed by atoms with E-state index in [9.17, 15) is 9.18 Å². The van der Waals surface area contributed by atoms with Gasteiger partial charge in [0.2, 0.25) is 0 Å². The van der Waals surface area contributed by atoms with Crippen LogP contribution in [0.4, 0.5) is 4.39 Å². The Hall–Kier alpha value is -1.82. The number of esters is 1. The van der Waals surface area contributed by atoms with Crippen molar-refractivity contribution in [2.75, 3.05) is 0 Å². The summed E-state index contributed by atoms with van der Waals surface area (Å²) in [6.07, 6.45) is 2.08. The van der Waals surface area contributed by atoms with Crippen molar-refractivity contribution in [1.82, 2.24) is 0 Å². The summed E-state index contributed by atoms with van der Waals surface area (Å²) < 4.78 is 18.8. The first-order valence-electron chi connectivity index (χ1n) is 7.29. The Bertz CT molecular complexity index is 532. The third-order valence-electron chi connectivity index (χ3n) is 2.88. The van der Waals surface area contributed by atoms with Crippen molar-refractivity contribution in [3.05, 3.63) is 35.6 Å². The molecule has 0 aliphatic rings. The van der Waals surface area contributed by atoms with Crippen LogP contribution in [0.2, 0.25) is 0 Å². The van der Waals surface area contributed by atoms with E-state index in [0.717, 1.165) is 19.3 Å². The van der Waals surface area contributed by atoms with Gasteiger partial charge in [-0.3, -0.25) is 4.79 Å². The molecule has 0 radical (unpaired) electrons. The standard InChI is InChI=1S/C18H23FO2/c1-5-6-7-8-12-16(21-17(20)18(2,3)4)14-10-9-11-15(19)13-14/h9-11,13,16H,5-7H2,1-4H3. The Kier molecular flexibility index (Phi) is 6.42. The van der Waals surface area contributed by atoms with E-state index in [1.807, 2.05) is 0 Å². The molecular formula is C18H23FO2. The third kappa shape index (κ3) is 5.99. The van der Waals surface area contributed by atoms with E-state index in [1.165, 1.54) is 12.1 Å². The highest BCUT2D eigenvalue weighted by atomic mass is 19.1. The highest BCUT2D eigenvalue weighted by Crippen LogP contribution is 2.23. The second-order valence-corrected chi connectivity index (χ2v) is 6.02. The van der Waals surface area contributed by atoms with Gasteiger partial charge in [-0.05, 0) is 39.3 Å². The van der Waals surface area contributed by atoms with Crippen molar-refractivity contribution in [1.29, 1.82) is 0 Å². The molecule has 0 aromatic heterocycles. The second-order valence-electron chi connectivity index (χ2n) is 6.02. The van der Waals surface area contributed by atoms with Crippen LogP contribution in [-0.4, -0.2) is 5.97 Å². The average molecular weight is 290 g/mol. The molecule has 0 fully saturated rings. The van der Waals surface area contributed by atoms with Crippen molar-refractivity contribution in [2.45, 2.75) is 53.1 Å². The summed E-state index contributed by atoms with van der Waals surface area (Å²) in [6.45, 7) is 7.43. The van der Waals surface area contributed by atoms with E-state index < -0.39 is 11.5 Å². The fraction of sp³-hybridized carbons (Fsp3) is 0.500. The van der Waals surface area contributed by atoms with Gasteiger partial charge in [0, 0.05) is 12.0 Å². The predicted molar refractivity (Wildman–Crippen MR) is 82.0 cm³/mol. The molecule has 114 valence electrons. The lowest BCUT2D eigenvalue weighted by Crippen LogP contribution is -2.24. The molecule has 0 spiro atoms. The highest BCUT2D eigenvalue weighted by Gasteiger charge is 2.26. The molecule has 3 heteroatoms. The Balaban J connectivity index is 2.94. The number of rotatable bonds is 4. The first kappa shape index (κ1) is 17.2. The zero-order chi connectivity index (χ0) is 15.9. The van der Waals surface area contributed by atoms with Crippen LogP contribution in [0.1, 0.15) is 58.6 Å². The topological polar surface area (TPSA) is 26.3 Å². The lowest BCUT2D eigenvalue weighted by atomic mass is 9.97. The number of carbonyl (C=O) groups is 1. The molecule has 0 saturated carbocycles. The maximum absolute atomic E-state index is 13.4. The largest absolute Gasteiger partial charge is 0.444 e. The van der Waals surface area contributed by atoms with Crippen molar-refractivity contribution >= 4 is 5.97 Å². The molecule has 0 N–H and O–H groups in total. The Morgan fingerprint density at radius 1 is 1.38 bits per heavy atom. The molecule has 2 nitrogen and oxygen atoms in total. The smallest absolute Gasteiger partial charge is 0.312 e. The zero-order valence-electron chi connectivity index (χ0n) is 13.2. The summed E-state index contributed by atoms with van der Waals surface area (Å²) >= 11 is 0. The fourth-order valence-electron chi connectivity index (χ4n) is 1.56. The minimum absolute atomic E-state index is 0.346. The van der Waals surface area contributed by atoms with Gasteiger partial charge in [0.1, 0.15) is 5.82 Å². The van der Waals surface area contributed by atoms with Gasteiger partial charge in [-0.15, -0.1) is 0 Å². The first-order valence-corrected chi connectivity index (χ1v) is 7.29. The van der Waals surface area contributed by atoms with E-state index in [4.69, 9.17) is 4.74 Å². The average Bonchev–Trinajstić information content (AvgIpc) is 2.41. The number of unbranched alkanes of at least 4 members (excludes halogenated alkanes) is 2. The van der Waals surface area contributed by atoms with Gasteiger partial charge in [-0.1, -0.05) is 37.3 Å². The Morgan fingerprint density at radius 3 is 2.67 bits per heavy atom. The third-order valence-corrected chi connectivity index (χ3v) is 2.88. The molecule has 1 unspecified atom stereocenters. The molecule has 0 aliphatic heterocycles. The van der Waals surface area contributed by atoms with Crippen molar-refractivity contribution in [3.63, 3.8) is 0 Å². The van der Waals surface area contributed by atoms with Crippen LogP contribution in [0.25, 0.3) is 0 Å². The minimum atomic E-state index is -0.718. The number of hydrogen-bond donors (Lipinski definition) is 0. The fourth-order valence-corrected chi connectivity index (χ4v) is 1.56. The van der Waals surface area contributed by atoms with Crippen LogP contribution < -0.4 is 0 Å². The maximum atomic E-state index is 13.4. The predicted octanol–water partition coefficient (Wildman–Crippen LogP) is 4.65. The molecule has 0 aliphatic carbocycles. The molecule has 1 atom stereocenters. The van der Waals surface area contributed by atoms with Crippen molar-refractivity contribution in [2.24, 2.45) is 5.41 Å². The van der Waals surface area contributed by atoms with Crippen LogP contribution in [0.15, 0.2) is 24.3 Å². The maximum Gasteiger partial charge on any atom is 0.312 e. The molecule has 0 bridgehead atoms. The van der Waals surface area contributed by atoms with Crippen molar-refractivity contribution in [3.8, 4) is 11.8 Å². The van der Waals surface area contributed by atoms with Gasteiger partial charge >= 0.3 is 5.97 Å². The van der Waals surface area contributed by atoms with E-state index in [1.54, 1.807) is 32.9 Å². The molecule has 0 amide bonds. The van der Waals surface area contributed by atoms with Crippen molar-refractivity contribution < 1.29 is 13.9 Å². The van der Waals surface area contributed by atoms with E-state index >= 15 is 0 Å². The molecule has 21 heavy (non-hydrogen) atoms. The molecule has 1 aromatic rings. The normalized spacial score (nSPS) is 12.2. The van der Waals surface area contributed by atoms with Gasteiger partial charge in [-0.2, -0.15) is 0 Å².